The van der Waals surface area contributed by atoms with Crippen LogP contribution in [0.25, 0.3) is 0 Å². The highest BCUT2D eigenvalue weighted by Gasteiger charge is 1.99. The molecule has 17 heavy (non-hydrogen) atoms. The van der Waals surface area contributed by atoms with Crippen molar-refractivity contribution in [3.8, 4) is 0 Å². The molecule has 0 aliphatic heterocycles. The molecule has 0 fully saturated rings. The molecule has 1 N–H and O–H groups in total. The van der Waals surface area contributed by atoms with Crippen LogP contribution in [0.15, 0.2) is 47.6 Å². The molecular weight excluding hydrogens is 212 g/mol. The first-order valence-electron chi connectivity index (χ1n) is 6.16. The molecule has 0 aromatic rings. The van der Waals surface area contributed by atoms with Crippen LogP contribution in [-0.2, 0) is 4.74 Å². The van der Waals surface area contributed by atoms with Gasteiger partial charge in [0.05, 0.1) is 12.7 Å². The summed E-state index contributed by atoms with van der Waals surface area (Å²) < 4.78 is 5.12. The Morgan fingerprint density at radius 1 is 1.53 bits per heavy atom. The lowest BCUT2D eigenvalue weighted by molar-refractivity contribution is 0.174. The Bertz CT molecular complexity index is 335. The molecule has 0 radical (unpaired) electrons. The Kier molecular flexibility index (Phi) is 6.60. The van der Waals surface area contributed by atoms with Gasteiger partial charge in [-0.3, -0.25) is 0 Å². The van der Waals surface area contributed by atoms with Crippen molar-refractivity contribution in [1.82, 2.24) is 0 Å². The van der Waals surface area contributed by atoms with Crippen LogP contribution in [0.5, 0.6) is 0 Å². The van der Waals surface area contributed by atoms with E-state index in [1.807, 2.05) is 19.1 Å². The molecular formula is C15H22O2. The summed E-state index contributed by atoms with van der Waals surface area (Å²) in [5.74, 6) is 0. The molecule has 0 amide bonds. The highest BCUT2D eigenvalue weighted by Crippen LogP contribution is 2.13. The van der Waals surface area contributed by atoms with Gasteiger partial charge in [0.1, 0.15) is 0 Å². The predicted octanol–water partition coefficient (Wildman–Crippen LogP) is 3.16. The third-order valence-electron chi connectivity index (χ3n) is 2.74. The smallest absolute Gasteiger partial charge is 0.0679 e. The molecule has 1 unspecified atom stereocenters. The van der Waals surface area contributed by atoms with E-state index in [0.717, 1.165) is 19.3 Å². The van der Waals surface area contributed by atoms with Gasteiger partial charge in [-0.25, -0.2) is 0 Å². The van der Waals surface area contributed by atoms with Crippen molar-refractivity contribution in [3.63, 3.8) is 0 Å². The second-order valence-corrected chi connectivity index (χ2v) is 4.23. The largest absolute Gasteiger partial charge is 0.393 e. The van der Waals surface area contributed by atoms with Crippen LogP contribution in [0, 0.1) is 0 Å². The normalized spacial score (nSPS) is 17.8. The lowest BCUT2D eigenvalue weighted by Gasteiger charge is -2.02. The van der Waals surface area contributed by atoms with Gasteiger partial charge in [-0.15, -0.1) is 0 Å². The van der Waals surface area contributed by atoms with Crippen LogP contribution >= 0.6 is 0 Å². The van der Waals surface area contributed by atoms with Crippen molar-refractivity contribution in [2.45, 2.75) is 32.3 Å². The summed E-state index contributed by atoms with van der Waals surface area (Å²) in [7, 11) is 1.71. The van der Waals surface area contributed by atoms with Crippen molar-refractivity contribution >= 4 is 0 Å². The van der Waals surface area contributed by atoms with Crippen molar-refractivity contribution in [1.29, 1.82) is 0 Å². The van der Waals surface area contributed by atoms with Gasteiger partial charge in [0.15, 0.2) is 0 Å². The summed E-state index contributed by atoms with van der Waals surface area (Å²) in [4.78, 5) is 0. The van der Waals surface area contributed by atoms with Crippen LogP contribution in [0.1, 0.15) is 26.2 Å². The van der Waals surface area contributed by atoms with Crippen LogP contribution < -0.4 is 0 Å². The number of methoxy groups -OCH3 is 1. The van der Waals surface area contributed by atoms with Gasteiger partial charge < -0.3 is 9.84 Å². The van der Waals surface area contributed by atoms with E-state index in [1.165, 1.54) is 11.1 Å². The summed E-state index contributed by atoms with van der Waals surface area (Å²) >= 11 is 0. The second-order valence-electron chi connectivity index (χ2n) is 4.23. The maximum absolute atomic E-state index is 9.44. The number of hydrogen-bond acceptors (Lipinski definition) is 2. The summed E-state index contributed by atoms with van der Waals surface area (Å²) in [6.45, 7) is 2.68. The number of allylic oxidation sites excluding steroid dienone is 6. The molecule has 0 aromatic carbocycles. The lowest BCUT2D eigenvalue weighted by atomic mass is 10.1. The first kappa shape index (κ1) is 13.9. The third-order valence-corrected chi connectivity index (χ3v) is 2.74. The minimum absolute atomic E-state index is 0.219. The van der Waals surface area contributed by atoms with Gasteiger partial charge in [0, 0.05) is 7.11 Å². The van der Waals surface area contributed by atoms with Gasteiger partial charge in [-0.05, 0) is 30.4 Å². The average molecular weight is 234 g/mol. The summed E-state index contributed by atoms with van der Waals surface area (Å²) in [5, 5.41) is 9.44. The van der Waals surface area contributed by atoms with E-state index in [-0.39, 0.29) is 6.10 Å². The number of ether oxygens (including phenoxy) is 1. The maximum Gasteiger partial charge on any atom is 0.0679 e. The predicted molar refractivity (Wildman–Crippen MR) is 71.9 cm³/mol. The average Bonchev–Trinajstić information content (AvgIpc) is 2.55. The van der Waals surface area contributed by atoms with E-state index in [4.69, 9.17) is 4.74 Å². The molecule has 1 atom stereocenters. The van der Waals surface area contributed by atoms with Gasteiger partial charge in [-0.2, -0.15) is 0 Å². The fourth-order valence-electron chi connectivity index (χ4n) is 1.62. The zero-order valence-corrected chi connectivity index (χ0v) is 10.7. The van der Waals surface area contributed by atoms with Crippen molar-refractivity contribution < 1.29 is 9.84 Å². The van der Waals surface area contributed by atoms with Crippen molar-refractivity contribution in [2.24, 2.45) is 0 Å². The SMILES string of the molecule is CCC(O)C/C=C/C1=CCC(COC)=CC=C1. The molecule has 94 valence electrons. The third kappa shape index (κ3) is 5.66. The maximum atomic E-state index is 9.44. The van der Waals surface area contributed by atoms with E-state index in [1.54, 1.807) is 7.11 Å². The molecule has 0 heterocycles. The van der Waals surface area contributed by atoms with Crippen LogP contribution in [0.2, 0.25) is 0 Å². The van der Waals surface area contributed by atoms with E-state index in [2.05, 4.69) is 24.3 Å². The first-order valence-corrected chi connectivity index (χ1v) is 6.16. The van der Waals surface area contributed by atoms with Gasteiger partial charge >= 0.3 is 0 Å². The highest BCUT2D eigenvalue weighted by atomic mass is 16.5. The minimum Gasteiger partial charge on any atom is -0.393 e. The Balaban J connectivity index is 2.47. The Morgan fingerprint density at radius 3 is 3.06 bits per heavy atom. The van der Waals surface area contributed by atoms with Crippen LogP contribution in [0.4, 0.5) is 0 Å². The standard InChI is InChI=1S/C15H22O2/c1-3-15(16)9-5-7-13-6-4-8-14(11-10-13)12-17-2/h4-8,10,15-16H,3,9,11-12H2,1-2H3/b7-5+. The Labute approximate surface area is 104 Å². The molecule has 1 rings (SSSR count). The monoisotopic (exact) mass is 234 g/mol. The second kappa shape index (κ2) is 8.04. The van der Waals surface area contributed by atoms with Gasteiger partial charge in [0.2, 0.25) is 0 Å². The summed E-state index contributed by atoms with van der Waals surface area (Å²) in [6.07, 6.45) is 14.7. The molecule has 1 aliphatic carbocycles. The fraction of sp³-hybridized carbons (Fsp3) is 0.467. The molecule has 1 aliphatic rings. The Morgan fingerprint density at radius 2 is 2.35 bits per heavy atom. The number of aliphatic hydroxyl groups is 1. The van der Waals surface area contributed by atoms with Crippen molar-refractivity contribution in [3.05, 3.63) is 47.6 Å². The summed E-state index contributed by atoms with van der Waals surface area (Å²) in [6, 6.07) is 0. The van der Waals surface area contributed by atoms with E-state index >= 15 is 0 Å². The van der Waals surface area contributed by atoms with Gasteiger partial charge in [-0.1, -0.05) is 43.4 Å². The number of rotatable bonds is 6. The first-order chi connectivity index (χ1) is 8.26. The molecule has 0 spiro atoms. The number of hydrogen-bond donors (Lipinski definition) is 1. The molecule has 0 saturated heterocycles. The van der Waals surface area contributed by atoms with Gasteiger partial charge in [0.25, 0.3) is 0 Å². The van der Waals surface area contributed by atoms with E-state index < -0.39 is 0 Å². The highest BCUT2D eigenvalue weighted by molar-refractivity contribution is 5.37. The quantitative estimate of drug-likeness (QED) is 0.765. The fourth-order valence-corrected chi connectivity index (χ4v) is 1.62. The zero-order chi connectivity index (χ0) is 12.5. The summed E-state index contributed by atoms with van der Waals surface area (Å²) in [5.41, 5.74) is 2.47. The van der Waals surface area contributed by atoms with Crippen LogP contribution in [-0.4, -0.2) is 24.9 Å². The topological polar surface area (TPSA) is 29.5 Å². The lowest BCUT2D eigenvalue weighted by Crippen LogP contribution is -2.01. The number of aliphatic hydroxyl groups excluding tert-OH is 1. The van der Waals surface area contributed by atoms with E-state index in [0.29, 0.717) is 6.61 Å². The van der Waals surface area contributed by atoms with E-state index in [9.17, 15) is 5.11 Å². The zero-order valence-electron chi connectivity index (χ0n) is 10.7. The van der Waals surface area contributed by atoms with Crippen LogP contribution in [0.3, 0.4) is 0 Å². The molecule has 0 bridgehead atoms. The Hall–Kier alpha value is -1.12. The minimum atomic E-state index is -0.219. The molecule has 0 saturated carbocycles. The van der Waals surface area contributed by atoms with Crippen molar-refractivity contribution in [2.75, 3.05) is 13.7 Å². The molecule has 0 aromatic heterocycles. The molecule has 2 heteroatoms. The molecule has 2 nitrogen and oxygen atoms in total.